The van der Waals surface area contributed by atoms with Crippen molar-refractivity contribution in [3.8, 4) is 16.9 Å². The van der Waals surface area contributed by atoms with Gasteiger partial charge in [-0.3, -0.25) is 4.79 Å². The molecule has 0 aliphatic carbocycles. The van der Waals surface area contributed by atoms with E-state index in [9.17, 15) is 14.7 Å². The quantitative estimate of drug-likeness (QED) is 0.0875. The van der Waals surface area contributed by atoms with Crippen molar-refractivity contribution < 1.29 is 19.4 Å². The molecule has 5 aromatic rings. The minimum absolute atomic E-state index is 0.159. The predicted octanol–water partition coefficient (Wildman–Crippen LogP) is 7.31. The lowest BCUT2D eigenvalue weighted by Crippen LogP contribution is -2.32. The van der Waals surface area contributed by atoms with Crippen molar-refractivity contribution in [2.75, 3.05) is 18.5 Å². The van der Waals surface area contributed by atoms with Crippen molar-refractivity contribution in [2.24, 2.45) is 0 Å². The van der Waals surface area contributed by atoms with Gasteiger partial charge in [-0.15, -0.1) is 11.3 Å². The van der Waals surface area contributed by atoms with Crippen LogP contribution in [0.3, 0.4) is 0 Å². The van der Waals surface area contributed by atoms with Gasteiger partial charge in [-0.25, -0.2) is 4.79 Å². The van der Waals surface area contributed by atoms with Crippen LogP contribution in [0.4, 0.5) is 5.69 Å². The molecule has 1 aromatic heterocycles. The van der Waals surface area contributed by atoms with E-state index in [1.807, 2.05) is 48.5 Å². The third-order valence-electron chi connectivity index (χ3n) is 7.08. The summed E-state index contributed by atoms with van der Waals surface area (Å²) in [7, 11) is 0. The number of benzene rings is 4. The van der Waals surface area contributed by atoms with E-state index in [4.69, 9.17) is 4.74 Å². The summed E-state index contributed by atoms with van der Waals surface area (Å²) in [6.07, 6.45) is 1.11. The molecule has 0 aliphatic rings. The molecule has 6 nitrogen and oxygen atoms in total. The Labute approximate surface area is 256 Å². The minimum Gasteiger partial charge on any atom is -0.494 e. The van der Waals surface area contributed by atoms with E-state index >= 15 is 0 Å². The van der Waals surface area contributed by atoms with Crippen molar-refractivity contribution >= 4 is 28.8 Å². The molecule has 7 heteroatoms. The van der Waals surface area contributed by atoms with Crippen LogP contribution in [-0.4, -0.2) is 36.1 Å². The molecule has 0 amide bonds. The van der Waals surface area contributed by atoms with Crippen LogP contribution in [0.25, 0.3) is 11.1 Å². The SMILES string of the molecule is O=C(c1ccccc1)c1ccccc1NC(Cc1ccc(OCCCNCc2sccc2-c2ccccc2)cc1)C(=O)O. The number of hydrogen-bond acceptors (Lipinski definition) is 6. The summed E-state index contributed by atoms with van der Waals surface area (Å²) in [5.74, 6) is -0.409. The summed E-state index contributed by atoms with van der Waals surface area (Å²) in [5, 5.41) is 18.7. The molecule has 1 unspecified atom stereocenters. The maximum atomic E-state index is 13.1. The number of aliphatic carboxylic acids is 1. The molecule has 5 rings (SSSR count). The van der Waals surface area contributed by atoms with Crippen LogP contribution in [0.2, 0.25) is 0 Å². The number of thiophene rings is 1. The standard InChI is InChI=1S/C36H34N2O4S/c39-35(28-12-5-2-6-13-28)31-14-7-8-15-32(31)38-33(36(40)41)24-26-16-18-29(19-17-26)42-22-9-21-37-25-34-30(20-23-43-34)27-10-3-1-4-11-27/h1-8,10-20,23,33,37-38H,9,21-22,24-25H2,(H,40,41). The van der Waals surface area contributed by atoms with E-state index in [0.717, 1.165) is 30.8 Å². The number of anilines is 1. The molecule has 0 aliphatic heterocycles. The number of rotatable bonds is 15. The lowest BCUT2D eigenvalue weighted by molar-refractivity contribution is -0.137. The van der Waals surface area contributed by atoms with Gasteiger partial charge in [0.1, 0.15) is 11.8 Å². The maximum Gasteiger partial charge on any atom is 0.326 e. The Bertz CT molecular complexity index is 1620. The molecule has 43 heavy (non-hydrogen) atoms. The van der Waals surface area contributed by atoms with Crippen LogP contribution in [0.5, 0.6) is 5.75 Å². The Balaban J connectivity index is 1.09. The second-order valence-electron chi connectivity index (χ2n) is 10.1. The monoisotopic (exact) mass is 590 g/mol. The summed E-state index contributed by atoms with van der Waals surface area (Å²) >= 11 is 1.76. The van der Waals surface area contributed by atoms with Gasteiger partial charge in [0.15, 0.2) is 5.78 Å². The van der Waals surface area contributed by atoms with Gasteiger partial charge in [0.2, 0.25) is 0 Å². The average molecular weight is 591 g/mol. The van der Waals surface area contributed by atoms with Gasteiger partial charge in [0.05, 0.1) is 6.61 Å². The lowest BCUT2D eigenvalue weighted by Gasteiger charge is -2.18. The van der Waals surface area contributed by atoms with E-state index in [1.54, 1.807) is 47.7 Å². The zero-order valence-corrected chi connectivity index (χ0v) is 24.6. The number of nitrogens with one attached hydrogen (secondary N) is 2. The highest BCUT2D eigenvalue weighted by Crippen LogP contribution is 2.28. The molecule has 0 spiro atoms. The van der Waals surface area contributed by atoms with Crippen LogP contribution < -0.4 is 15.4 Å². The van der Waals surface area contributed by atoms with E-state index in [2.05, 4.69) is 46.3 Å². The number of carbonyl (C=O) groups excluding carboxylic acids is 1. The zero-order chi connectivity index (χ0) is 29.9. The first-order chi connectivity index (χ1) is 21.1. The van der Waals surface area contributed by atoms with E-state index < -0.39 is 12.0 Å². The van der Waals surface area contributed by atoms with Crippen molar-refractivity contribution in [3.63, 3.8) is 0 Å². The predicted molar refractivity (Wildman–Crippen MR) is 173 cm³/mol. The lowest BCUT2D eigenvalue weighted by atomic mass is 10.00. The second-order valence-corrected chi connectivity index (χ2v) is 11.1. The Morgan fingerprint density at radius 2 is 1.51 bits per heavy atom. The summed E-state index contributed by atoms with van der Waals surface area (Å²) in [4.78, 5) is 26.5. The van der Waals surface area contributed by atoms with Gasteiger partial charge in [-0.1, -0.05) is 84.9 Å². The van der Waals surface area contributed by atoms with Crippen molar-refractivity contribution in [3.05, 3.63) is 142 Å². The van der Waals surface area contributed by atoms with Gasteiger partial charge in [-0.05, 0) is 65.4 Å². The molecule has 1 atom stereocenters. The normalized spacial score (nSPS) is 11.5. The van der Waals surface area contributed by atoms with E-state index in [1.165, 1.54) is 16.0 Å². The highest BCUT2D eigenvalue weighted by Gasteiger charge is 2.21. The Hall–Kier alpha value is -4.72. The van der Waals surface area contributed by atoms with Crippen molar-refractivity contribution in [1.29, 1.82) is 0 Å². The molecule has 0 saturated carbocycles. The van der Waals surface area contributed by atoms with Crippen LogP contribution >= 0.6 is 11.3 Å². The topological polar surface area (TPSA) is 87.7 Å². The fraction of sp³-hybridized carbons (Fsp3) is 0.167. The molecule has 0 fully saturated rings. The number of carbonyl (C=O) groups is 2. The van der Waals surface area contributed by atoms with Crippen LogP contribution in [0, 0.1) is 0 Å². The van der Waals surface area contributed by atoms with Crippen LogP contribution in [0.15, 0.2) is 121 Å². The smallest absolute Gasteiger partial charge is 0.326 e. The van der Waals surface area contributed by atoms with Gasteiger partial charge in [0, 0.05) is 34.7 Å². The Kier molecular flexibility index (Phi) is 10.4. The first-order valence-corrected chi connectivity index (χ1v) is 15.2. The van der Waals surface area contributed by atoms with Crippen LogP contribution in [-0.2, 0) is 17.8 Å². The fourth-order valence-electron chi connectivity index (χ4n) is 4.84. The van der Waals surface area contributed by atoms with E-state index in [0.29, 0.717) is 23.4 Å². The first-order valence-electron chi connectivity index (χ1n) is 14.3. The molecule has 3 N–H and O–H groups in total. The maximum absolute atomic E-state index is 13.1. The number of carboxylic acids is 1. The van der Waals surface area contributed by atoms with Crippen molar-refractivity contribution in [1.82, 2.24) is 5.32 Å². The van der Waals surface area contributed by atoms with Crippen molar-refractivity contribution in [2.45, 2.75) is 25.4 Å². The highest BCUT2D eigenvalue weighted by molar-refractivity contribution is 7.10. The minimum atomic E-state index is -0.992. The highest BCUT2D eigenvalue weighted by atomic mass is 32.1. The molecule has 0 radical (unpaired) electrons. The summed E-state index contributed by atoms with van der Waals surface area (Å²) in [5.41, 5.74) is 4.85. The number of carboxylic acid groups (broad SMARTS) is 1. The average Bonchev–Trinajstić information content (AvgIpc) is 3.52. The largest absolute Gasteiger partial charge is 0.494 e. The fourth-order valence-corrected chi connectivity index (χ4v) is 5.71. The molecular formula is C36H34N2O4S. The number of ketones is 1. The number of para-hydroxylation sites is 1. The van der Waals surface area contributed by atoms with Crippen LogP contribution in [0.1, 0.15) is 32.8 Å². The number of ether oxygens (including phenoxy) is 1. The number of hydrogen-bond donors (Lipinski definition) is 3. The molecular weight excluding hydrogens is 556 g/mol. The summed E-state index contributed by atoms with van der Waals surface area (Å²) in [6.45, 7) is 2.23. The van der Waals surface area contributed by atoms with Gasteiger partial charge in [0.25, 0.3) is 0 Å². The molecule has 1 heterocycles. The summed E-state index contributed by atoms with van der Waals surface area (Å²) in [6, 6.07) is 35.2. The van der Waals surface area contributed by atoms with E-state index in [-0.39, 0.29) is 12.2 Å². The zero-order valence-electron chi connectivity index (χ0n) is 23.7. The third kappa shape index (κ3) is 8.19. The first kappa shape index (κ1) is 29.8. The molecule has 218 valence electrons. The second kappa shape index (κ2) is 15.0. The van der Waals surface area contributed by atoms with Gasteiger partial charge < -0.3 is 20.5 Å². The Morgan fingerprint density at radius 3 is 2.26 bits per heavy atom. The third-order valence-corrected chi connectivity index (χ3v) is 8.00. The van der Waals surface area contributed by atoms with Gasteiger partial charge in [-0.2, -0.15) is 0 Å². The molecule has 0 bridgehead atoms. The summed E-state index contributed by atoms with van der Waals surface area (Å²) < 4.78 is 5.92. The molecule has 4 aromatic carbocycles. The van der Waals surface area contributed by atoms with Gasteiger partial charge >= 0.3 is 5.97 Å². The molecule has 0 saturated heterocycles. The Morgan fingerprint density at radius 1 is 0.814 bits per heavy atom.